The van der Waals surface area contributed by atoms with Gasteiger partial charge in [-0.1, -0.05) is 24.3 Å². The van der Waals surface area contributed by atoms with Gasteiger partial charge in [-0.2, -0.15) is 5.10 Å². The summed E-state index contributed by atoms with van der Waals surface area (Å²) in [5.41, 5.74) is 2.13. The summed E-state index contributed by atoms with van der Waals surface area (Å²) in [5, 5.41) is 10.7. The van der Waals surface area contributed by atoms with Crippen LogP contribution in [0.3, 0.4) is 0 Å². The average Bonchev–Trinajstić information content (AvgIpc) is 3.25. The van der Waals surface area contributed by atoms with Gasteiger partial charge in [-0.05, 0) is 42.8 Å². The van der Waals surface area contributed by atoms with Gasteiger partial charge in [0.15, 0.2) is 17.5 Å². The van der Waals surface area contributed by atoms with Crippen molar-refractivity contribution in [2.75, 3.05) is 13.6 Å². The van der Waals surface area contributed by atoms with Gasteiger partial charge < -0.3 is 15.4 Å². The summed E-state index contributed by atoms with van der Waals surface area (Å²) in [6.07, 6.45) is 3.44. The van der Waals surface area contributed by atoms with Gasteiger partial charge in [0.2, 0.25) is 0 Å². The SMILES string of the molecule is CN=C(NCc1ccc(-n2cccn2)cc1)NCC(C)Oc1ccccc1F. The minimum Gasteiger partial charge on any atom is -0.486 e. The summed E-state index contributed by atoms with van der Waals surface area (Å²) in [4.78, 5) is 4.21. The fourth-order valence-electron chi connectivity index (χ4n) is 2.63. The number of para-hydroxylation sites is 1. The van der Waals surface area contributed by atoms with Crippen molar-refractivity contribution in [1.82, 2.24) is 20.4 Å². The molecule has 0 saturated carbocycles. The summed E-state index contributed by atoms with van der Waals surface area (Å²) in [6.45, 7) is 2.99. The van der Waals surface area contributed by atoms with Crippen molar-refractivity contribution in [3.05, 3.63) is 78.4 Å². The molecule has 146 valence electrons. The second-order valence-corrected chi connectivity index (χ2v) is 6.28. The van der Waals surface area contributed by atoms with E-state index in [1.165, 1.54) is 6.07 Å². The number of aromatic nitrogens is 2. The number of benzene rings is 2. The highest BCUT2D eigenvalue weighted by atomic mass is 19.1. The van der Waals surface area contributed by atoms with Crippen LogP contribution in [0.5, 0.6) is 5.75 Å². The first-order valence-corrected chi connectivity index (χ1v) is 9.10. The average molecular weight is 381 g/mol. The Balaban J connectivity index is 1.46. The van der Waals surface area contributed by atoms with Crippen LogP contribution in [0.1, 0.15) is 12.5 Å². The van der Waals surface area contributed by atoms with E-state index in [1.807, 2.05) is 48.1 Å². The molecule has 0 bridgehead atoms. The number of rotatable bonds is 7. The highest BCUT2D eigenvalue weighted by molar-refractivity contribution is 5.79. The highest BCUT2D eigenvalue weighted by Gasteiger charge is 2.09. The minimum absolute atomic E-state index is 0.219. The number of nitrogens with zero attached hydrogens (tertiary/aromatic N) is 3. The molecule has 0 radical (unpaired) electrons. The van der Waals surface area contributed by atoms with Crippen molar-refractivity contribution in [2.45, 2.75) is 19.6 Å². The van der Waals surface area contributed by atoms with E-state index in [-0.39, 0.29) is 17.7 Å². The lowest BCUT2D eigenvalue weighted by Gasteiger charge is -2.18. The molecule has 3 aromatic rings. The van der Waals surface area contributed by atoms with Crippen molar-refractivity contribution < 1.29 is 9.13 Å². The Labute approximate surface area is 164 Å². The number of halogens is 1. The van der Waals surface area contributed by atoms with Crippen LogP contribution in [-0.4, -0.2) is 35.4 Å². The topological polar surface area (TPSA) is 63.5 Å². The van der Waals surface area contributed by atoms with Gasteiger partial charge in [-0.25, -0.2) is 9.07 Å². The summed E-state index contributed by atoms with van der Waals surface area (Å²) in [6, 6.07) is 16.4. The maximum Gasteiger partial charge on any atom is 0.191 e. The Kier molecular flexibility index (Phi) is 6.62. The minimum atomic E-state index is -0.365. The largest absolute Gasteiger partial charge is 0.486 e. The van der Waals surface area contributed by atoms with Crippen LogP contribution < -0.4 is 15.4 Å². The van der Waals surface area contributed by atoms with Gasteiger partial charge in [-0.15, -0.1) is 0 Å². The molecule has 1 unspecified atom stereocenters. The van der Waals surface area contributed by atoms with E-state index in [9.17, 15) is 4.39 Å². The molecule has 1 atom stereocenters. The van der Waals surface area contributed by atoms with E-state index < -0.39 is 0 Å². The number of nitrogens with one attached hydrogen (secondary N) is 2. The van der Waals surface area contributed by atoms with Crippen molar-refractivity contribution >= 4 is 5.96 Å². The van der Waals surface area contributed by atoms with Crippen molar-refractivity contribution in [3.63, 3.8) is 0 Å². The fraction of sp³-hybridized carbons (Fsp3) is 0.238. The number of hydrogen-bond acceptors (Lipinski definition) is 3. The molecule has 0 amide bonds. The third kappa shape index (κ3) is 5.33. The molecule has 28 heavy (non-hydrogen) atoms. The van der Waals surface area contributed by atoms with Crippen LogP contribution in [0.4, 0.5) is 4.39 Å². The predicted octanol–water partition coefficient (Wildman–Crippen LogP) is 3.14. The molecule has 0 spiro atoms. The maximum atomic E-state index is 13.7. The van der Waals surface area contributed by atoms with Crippen molar-refractivity contribution in [2.24, 2.45) is 4.99 Å². The van der Waals surface area contributed by atoms with Gasteiger partial charge in [-0.3, -0.25) is 4.99 Å². The Hall–Kier alpha value is -3.35. The Morgan fingerprint density at radius 2 is 1.93 bits per heavy atom. The van der Waals surface area contributed by atoms with Crippen LogP contribution in [0.15, 0.2) is 72.0 Å². The molecule has 0 fully saturated rings. The Morgan fingerprint density at radius 3 is 2.61 bits per heavy atom. The molecule has 0 aliphatic heterocycles. The van der Waals surface area contributed by atoms with E-state index in [2.05, 4.69) is 20.7 Å². The molecule has 6 nitrogen and oxygen atoms in total. The van der Waals surface area contributed by atoms with Gasteiger partial charge in [0.25, 0.3) is 0 Å². The summed E-state index contributed by atoms with van der Waals surface area (Å²) in [5.74, 6) is 0.535. The molecule has 1 aromatic heterocycles. The standard InChI is InChI=1S/C21H24FN5O/c1-16(28-20-7-4-3-6-19(20)22)14-24-21(23-2)25-15-17-8-10-18(11-9-17)27-13-5-12-26-27/h3-13,16H,14-15H2,1-2H3,(H2,23,24,25). The monoisotopic (exact) mass is 381 g/mol. The first-order valence-electron chi connectivity index (χ1n) is 9.10. The first-order chi connectivity index (χ1) is 13.7. The lowest BCUT2D eigenvalue weighted by Crippen LogP contribution is -2.41. The molecule has 2 aromatic carbocycles. The first kappa shape index (κ1) is 19.4. The zero-order valence-electron chi connectivity index (χ0n) is 16.0. The highest BCUT2D eigenvalue weighted by Crippen LogP contribution is 2.16. The van der Waals surface area contributed by atoms with Gasteiger partial charge in [0.05, 0.1) is 12.2 Å². The van der Waals surface area contributed by atoms with E-state index in [0.717, 1.165) is 11.3 Å². The normalized spacial score (nSPS) is 12.5. The summed E-state index contributed by atoms with van der Waals surface area (Å²) in [7, 11) is 1.71. The quantitative estimate of drug-likeness (QED) is 0.488. The van der Waals surface area contributed by atoms with E-state index in [0.29, 0.717) is 19.0 Å². The molecule has 2 N–H and O–H groups in total. The fourth-order valence-corrected chi connectivity index (χ4v) is 2.63. The molecule has 0 aliphatic carbocycles. The molecule has 1 heterocycles. The van der Waals surface area contributed by atoms with E-state index in [4.69, 9.17) is 4.74 Å². The second kappa shape index (κ2) is 9.55. The third-order valence-electron chi connectivity index (χ3n) is 4.11. The Bertz CT molecular complexity index is 893. The summed E-state index contributed by atoms with van der Waals surface area (Å²) < 4.78 is 21.1. The lowest BCUT2D eigenvalue weighted by molar-refractivity contribution is 0.214. The smallest absolute Gasteiger partial charge is 0.191 e. The molecule has 0 saturated heterocycles. The molecular formula is C21H24FN5O. The number of guanidine groups is 1. The molecular weight excluding hydrogens is 357 g/mol. The Morgan fingerprint density at radius 1 is 1.14 bits per heavy atom. The van der Waals surface area contributed by atoms with Gasteiger partial charge >= 0.3 is 0 Å². The maximum absolute atomic E-state index is 13.7. The van der Waals surface area contributed by atoms with Crippen molar-refractivity contribution in [1.29, 1.82) is 0 Å². The van der Waals surface area contributed by atoms with E-state index >= 15 is 0 Å². The number of aliphatic imine (C=N–C) groups is 1. The lowest BCUT2D eigenvalue weighted by atomic mass is 10.2. The van der Waals surface area contributed by atoms with Crippen LogP contribution in [0.25, 0.3) is 5.69 Å². The number of ether oxygens (including phenoxy) is 1. The second-order valence-electron chi connectivity index (χ2n) is 6.28. The zero-order chi connectivity index (χ0) is 19.8. The van der Waals surface area contributed by atoms with Crippen LogP contribution in [0.2, 0.25) is 0 Å². The van der Waals surface area contributed by atoms with E-state index in [1.54, 1.807) is 31.4 Å². The molecule has 7 heteroatoms. The summed E-state index contributed by atoms with van der Waals surface area (Å²) >= 11 is 0. The van der Waals surface area contributed by atoms with Gasteiger partial charge in [0.1, 0.15) is 6.10 Å². The zero-order valence-corrected chi connectivity index (χ0v) is 16.0. The molecule has 0 aliphatic rings. The number of hydrogen-bond donors (Lipinski definition) is 2. The van der Waals surface area contributed by atoms with Crippen LogP contribution in [-0.2, 0) is 6.54 Å². The molecule has 3 rings (SSSR count). The third-order valence-corrected chi connectivity index (χ3v) is 4.11. The van der Waals surface area contributed by atoms with Crippen LogP contribution in [0, 0.1) is 5.82 Å². The predicted molar refractivity (Wildman–Crippen MR) is 108 cm³/mol. The van der Waals surface area contributed by atoms with Gasteiger partial charge in [0, 0.05) is 26.0 Å². The van der Waals surface area contributed by atoms with Crippen molar-refractivity contribution in [3.8, 4) is 11.4 Å². The van der Waals surface area contributed by atoms with Crippen LogP contribution >= 0.6 is 0 Å².